The van der Waals surface area contributed by atoms with Gasteiger partial charge in [-0.25, -0.2) is 0 Å². The van der Waals surface area contributed by atoms with Gasteiger partial charge >= 0.3 is 0 Å². The lowest BCUT2D eigenvalue weighted by Crippen LogP contribution is -2.10. The third-order valence-corrected chi connectivity index (χ3v) is 4.10. The molecule has 96 valence electrons. The second kappa shape index (κ2) is 5.47. The van der Waals surface area contributed by atoms with E-state index in [9.17, 15) is 0 Å². The molecule has 1 aromatic carbocycles. The monoisotopic (exact) mass is 269 g/mol. The molecule has 0 aliphatic rings. The number of fused-ring (bicyclic) bond motifs is 1. The van der Waals surface area contributed by atoms with E-state index in [1.165, 1.54) is 15.3 Å². The van der Waals surface area contributed by atoms with Crippen LogP contribution in [0.25, 0.3) is 21.5 Å². The van der Waals surface area contributed by atoms with Crippen molar-refractivity contribution in [2.24, 2.45) is 0 Å². The maximum absolute atomic E-state index is 4.35. The standard InChI is InChI=1S/C15H15N3S/c1-2-16-10-12-4-6-15(19-12)11-3-5-13-14(9-11)18-8-7-17-13/h3-9,16H,2,10H2,1H3. The fraction of sp³-hybridized carbons (Fsp3) is 0.200. The molecule has 0 bridgehead atoms. The summed E-state index contributed by atoms with van der Waals surface area (Å²) in [4.78, 5) is 11.3. The molecule has 19 heavy (non-hydrogen) atoms. The molecule has 0 fully saturated rings. The summed E-state index contributed by atoms with van der Waals surface area (Å²) >= 11 is 1.82. The summed E-state index contributed by atoms with van der Waals surface area (Å²) in [5, 5.41) is 3.35. The van der Waals surface area contributed by atoms with E-state index in [1.54, 1.807) is 12.4 Å². The number of thiophene rings is 1. The lowest BCUT2D eigenvalue weighted by atomic mass is 10.1. The molecule has 0 saturated heterocycles. The Morgan fingerprint density at radius 2 is 1.89 bits per heavy atom. The SMILES string of the molecule is CCNCc1ccc(-c2ccc3nccnc3c2)s1. The molecule has 0 spiro atoms. The minimum atomic E-state index is 0.939. The lowest BCUT2D eigenvalue weighted by Gasteiger charge is -2.00. The van der Waals surface area contributed by atoms with E-state index in [0.29, 0.717) is 0 Å². The number of rotatable bonds is 4. The van der Waals surface area contributed by atoms with Gasteiger partial charge in [0, 0.05) is 28.7 Å². The number of hydrogen-bond acceptors (Lipinski definition) is 4. The number of nitrogens with one attached hydrogen (secondary N) is 1. The summed E-state index contributed by atoms with van der Waals surface area (Å²) in [6.07, 6.45) is 3.46. The normalized spacial score (nSPS) is 11.0. The van der Waals surface area contributed by atoms with E-state index in [1.807, 2.05) is 17.4 Å². The number of hydrogen-bond donors (Lipinski definition) is 1. The average molecular weight is 269 g/mol. The van der Waals surface area contributed by atoms with Crippen molar-refractivity contribution < 1.29 is 0 Å². The van der Waals surface area contributed by atoms with Gasteiger partial charge in [-0.3, -0.25) is 9.97 Å². The molecular formula is C15H15N3S. The maximum Gasteiger partial charge on any atom is 0.0893 e. The van der Waals surface area contributed by atoms with Gasteiger partial charge in [-0.05, 0) is 36.4 Å². The molecule has 2 heterocycles. The van der Waals surface area contributed by atoms with Crippen LogP contribution in [0.15, 0.2) is 42.7 Å². The predicted octanol–water partition coefficient (Wildman–Crippen LogP) is 3.47. The highest BCUT2D eigenvalue weighted by molar-refractivity contribution is 7.15. The summed E-state index contributed by atoms with van der Waals surface area (Å²) in [5.41, 5.74) is 3.10. The number of nitrogens with zero attached hydrogens (tertiary/aromatic N) is 2. The van der Waals surface area contributed by atoms with Crippen LogP contribution in [0.3, 0.4) is 0 Å². The molecule has 0 aliphatic carbocycles. The van der Waals surface area contributed by atoms with E-state index >= 15 is 0 Å². The van der Waals surface area contributed by atoms with Crippen LogP contribution in [-0.4, -0.2) is 16.5 Å². The van der Waals surface area contributed by atoms with Gasteiger partial charge in [-0.15, -0.1) is 11.3 Å². The zero-order valence-corrected chi connectivity index (χ0v) is 11.6. The molecule has 0 radical (unpaired) electrons. The van der Waals surface area contributed by atoms with Gasteiger partial charge < -0.3 is 5.32 Å². The van der Waals surface area contributed by atoms with Crippen molar-refractivity contribution >= 4 is 22.4 Å². The fourth-order valence-electron chi connectivity index (χ4n) is 1.99. The Hall–Kier alpha value is -1.78. The maximum atomic E-state index is 4.35. The third-order valence-electron chi connectivity index (χ3n) is 2.96. The smallest absolute Gasteiger partial charge is 0.0893 e. The van der Waals surface area contributed by atoms with Crippen LogP contribution < -0.4 is 5.32 Å². The van der Waals surface area contributed by atoms with Crippen molar-refractivity contribution in [1.82, 2.24) is 15.3 Å². The van der Waals surface area contributed by atoms with Crippen molar-refractivity contribution in [3.63, 3.8) is 0 Å². The highest BCUT2D eigenvalue weighted by Gasteiger charge is 2.04. The molecule has 0 amide bonds. The first-order chi connectivity index (χ1) is 9.36. The minimum Gasteiger partial charge on any atom is -0.312 e. The van der Waals surface area contributed by atoms with Gasteiger partial charge in [0.1, 0.15) is 0 Å². The molecule has 1 N–H and O–H groups in total. The summed E-state index contributed by atoms with van der Waals surface area (Å²) in [6, 6.07) is 10.6. The zero-order chi connectivity index (χ0) is 13.1. The number of aromatic nitrogens is 2. The molecule has 0 unspecified atom stereocenters. The van der Waals surface area contributed by atoms with Gasteiger partial charge in [-0.1, -0.05) is 13.0 Å². The Morgan fingerprint density at radius 3 is 2.74 bits per heavy atom. The third kappa shape index (κ3) is 2.64. The fourth-order valence-corrected chi connectivity index (χ4v) is 2.97. The first kappa shape index (κ1) is 12.3. The largest absolute Gasteiger partial charge is 0.312 e. The quantitative estimate of drug-likeness (QED) is 0.788. The lowest BCUT2D eigenvalue weighted by molar-refractivity contribution is 0.735. The Morgan fingerprint density at radius 1 is 1.05 bits per heavy atom. The molecule has 0 saturated carbocycles. The summed E-state index contributed by atoms with van der Waals surface area (Å²) in [7, 11) is 0. The van der Waals surface area contributed by atoms with Gasteiger partial charge in [-0.2, -0.15) is 0 Å². The van der Waals surface area contributed by atoms with Crippen molar-refractivity contribution in [1.29, 1.82) is 0 Å². The molecule has 3 rings (SSSR count). The highest BCUT2D eigenvalue weighted by Crippen LogP contribution is 2.29. The highest BCUT2D eigenvalue weighted by atomic mass is 32.1. The molecule has 0 aliphatic heterocycles. The van der Waals surface area contributed by atoms with Crippen molar-refractivity contribution in [2.45, 2.75) is 13.5 Å². The Balaban J connectivity index is 1.92. The molecule has 3 nitrogen and oxygen atoms in total. The van der Waals surface area contributed by atoms with Crippen LogP contribution in [0.2, 0.25) is 0 Å². The number of benzene rings is 1. The van der Waals surface area contributed by atoms with Crippen LogP contribution in [0.4, 0.5) is 0 Å². The van der Waals surface area contributed by atoms with Crippen LogP contribution in [0.5, 0.6) is 0 Å². The Labute approximate surface area is 116 Å². The van der Waals surface area contributed by atoms with E-state index in [4.69, 9.17) is 0 Å². The predicted molar refractivity (Wildman–Crippen MR) is 80.2 cm³/mol. The van der Waals surface area contributed by atoms with Gasteiger partial charge in [0.25, 0.3) is 0 Å². The van der Waals surface area contributed by atoms with E-state index in [-0.39, 0.29) is 0 Å². The van der Waals surface area contributed by atoms with Gasteiger partial charge in [0.15, 0.2) is 0 Å². The molecule has 4 heteroatoms. The zero-order valence-electron chi connectivity index (χ0n) is 10.8. The minimum absolute atomic E-state index is 0.939. The second-order valence-electron chi connectivity index (χ2n) is 4.31. The average Bonchev–Trinajstić information content (AvgIpc) is 2.93. The first-order valence-electron chi connectivity index (χ1n) is 6.37. The van der Waals surface area contributed by atoms with Gasteiger partial charge in [0.05, 0.1) is 11.0 Å². The molecule has 3 aromatic rings. The Kier molecular flexibility index (Phi) is 3.53. The van der Waals surface area contributed by atoms with E-state index in [0.717, 1.165) is 24.1 Å². The topological polar surface area (TPSA) is 37.8 Å². The molecular weight excluding hydrogens is 254 g/mol. The summed E-state index contributed by atoms with van der Waals surface area (Å²) in [5.74, 6) is 0. The van der Waals surface area contributed by atoms with Crippen LogP contribution in [0, 0.1) is 0 Å². The van der Waals surface area contributed by atoms with Crippen LogP contribution >= 0.6 is 11.3 Å². The van der Waals surface area contributed by atoms with Gasteiger partial charge in [0.2, 0.25) is 0 Å². The summed E-state index contributed by atoms with van der Waals surface area (Å²) in [6.45, 7) is 4.06. The van der Waals surface area contributed by atoms with E-state index in [2.05, 4.69) is 46.5 Å². The van der Waals surface area contributed by atoms with Crippen LogP contribution in [-0.2, 0) is 6.54 Å². The Bertz CT molecular complexity index is 690. The first-order valence-corrected chi connectivity index (χ1v) is 7.19. The van der Waals surface area contributed by atoms with Crippen molar-refractivity contribution in [3.05, 3.63) is 47.6 Å². The second-order valence-corrected chi connectivity index (χ2v) is 5.47. The summed E-state index contributed by atoms with van der Waals surface area (Å²) < 4.78 is 0. The molecule has 2 aromatic heterocycles. The van der Waals surface area contributed by atoms with E-state index < -0.39 is 0 Å². The van der Waals surface area contributed by atoms with Crippen molar-refractivity contribution in [2.75, 3.05) is 6.54 Å². The molecule has 0 atom stereocenters. The van der Waals surface area contributed by atoms with Crippen molar-refractivity contribution in [3.8, 4) is 10.4 Å². The van der Waals surface area contributed by atoms with Crippen LogP contribution in [0.1, 0.15) is 11.8 Å².